The minimum atomic E-state index is 0.159. The average molecular weight is 785 g/mol. The predicted octanol–water partition coefficient (Wildman–Crippen LogP) is 16.3. The molecule has 1 aliphatic rings. The van der Waals surface area contributed by atoms with Crippen LogP contribution in [0.15, 0.2) is 235 Å². The van der Waals surface area contributed by atoms with Crippen molar-refractivity contribution in [2.75, 3.05) is 10.2 Å². The fourth-order valence-corrected chi connectivity index (χ4v) is 9.74. The van der Waals surface area contributed by atoms with Gasteiger partial charge >= 0.3 is 0 Å². The maximum absolute atomic E-state index is 3.92. The summed E-state index contributed by atoms with van der Waals surface area (Å²) in [5.74, 6) is 0. The van der Waals surface area contributed by atoms with Crippen LogP contribution in [0.4, 0.5) is 22.7 Å². The predicted molar refractivity (Wildman–Crippen MR) is 257 cm³/mol. The van der Waals surface area contributed by atoms with Gasteiger partial charge in [-0.1, -0.05) is 194 Å². The van der Waals surface area contributed by atoms with Gasteiger partial charge in [0.05, 0.1) is 5.69 Å². The van der Waals surface area contributed by atoms with Crippen molar-refractivity contribution in [2.45, 2.75) is 10.3 Å². The summed E-state index contributed by atoms with van der Waals surface area (Å²) in [5.41, 5.74) is 15.5. The summed E-state index contributed by atoms with van der Waals surface area (Å²) in [5, 5.41) is 9.11. The van der Waals surface area contributed by atoms with Crippen LogP contribution < -0.4 is 10.2 Å². The second kappa shape index (κ2) is 15.4. The van der Waals surface area contributed by atoms with E-state index >= 15 is 0 Å². The number of rotatable bonds is 8. The summed E-state index contributed by atoms with van der Waals surface area (Å²) < 4.78 is 0. The summed E-state index contributed by atoms with van der Waals surface area (Å²) in [6.45, 7) is 0. The Morgan fingerprint density at radius 1 is 0.350 bits per heavy atom. The van der Waals surface area contributed by atoms with Crippen LogP contribution in [0.25, 0.3) is 66.1 Å². The highest BCUT2D eigenvalue weighted by molar-refractivity contribution is 8.00. The van der Waals surface area contributed by atoms with Gasteiger partial charge in [0.2, 0.25) is 0 Å². The highest BCUT2D eigenvalue weighted by Crippen LogP contribution is 2.51. The van der Waals surface area contributed by atoms with Crippen molar-refractivity contribution in [2.24, 2.45) is 0 Å². The van der Waals surface area contributed by atoms with Crippen LogP contribution in [-0.2, 0) is 0 Å². The molecule has 1 heterocycles. The Labute approximate surface area is 355 Å². The molecule has 10 aromatic carbocycles. The van der Waals surface area contributed by atoms with E-state index < -0.39 is 0 Å². The zero-order valence-electron chi connectivity index (χ0n) is 32.9. The van der Waals surface area contributed by atoms with Gasteiger partial charge in [0.1, 0.15) is 5.37 Å². The summed E-state index contributed by atoms with van der Waals surface area (Å²) in [6.07, 6.45) is 0. The molecule has 0 radical (unpaired) electrons. The smallest absolute Gasteiger partial charge is 0.103 e. The van der Waals surface area contributed by atoms with Gasteiger partial charge in [-0.15, -0.1) is 0 Å². The molecule has 0 bridgehead atoms. The van der Waals surface area contributed by atoms with Gasteiger partial charge < -0.3 is 10.2 Å². The van der Waals surface area contributed by atoms with Crippen molar-refractivity contribution in [3.63, 3.8) is 0 Å². The summed E-state index contributed by atoms with van der Waals surface area (Å²) in [6, 6.07) is 83.5. The van der Waals surface area contributed by atoms with Gasteiger partial charge in [0, 0.05) is 27.3 Å². The SMILES string of the molecule is c1ccc(-c2ccc(C3Nc4c(ccc5ccc6cc(-c7ccc(N(c8ccc(-c9ccccc9)cc8)c8ccc(-c9ccccc9)cc8)cc7)ccc6c45)S3)cc2)cc1. The molecule has 2 nitrogen and oxygen atoms in total. The van der Waals surface area contributed by atoms with Gasteiger partial charge in [0.25, 0.3) is 0 Å². The van der Waals surface area contributed by atoms with Crippen molar-refractivity contribution < 1.29 is 0 Å². The minimum Gasteiger partial charge on any atom is -0.368 e. The van der Waals surface area contributed by atoms with Crippen molar-refractivity contribution >= 4 is 56.1 Å². The van der Waals surface area contributed by atoms with E-state index in [-0.39, 0.29) is 5.37 Å². The first-order chi connectivity index (χ1) is 29.7. The highest BCUT2D eigenvalue weighted by Gasteiger charge is 2.25. The molecule has 0 saturated heterocycles. The Kier molecular flexibility index (Phi) is 9.22. The lowest BCUT2D eigenvalue weighted by Crippen LogP contribution is -2.09. The van der Waals surface area contributed by atoms with E-state index in [1.807, 2.05) is 11.8 Å². The average Bonchev–Trinajstić information content (AvgIpc) is 3.78. The van der Waals surface area contributed by atoms with Crippen LogP contribution in [-0.4, -0.2) is 0 Å². The fraction of sp³-hybridized carbons (Fsp3) is 0.0175. The second-order valence-electron chi connectivity index (χ2n) is 15.4. The van der Waals surface area contributed by atoms with Crippen LogP contribution in [0.2, 0.25) is 0 Å². The third-order valence-electron chi connectivity index (χ3n) is 11.7. The molecular weight excluding hydrogens is 745 g/mol. The van der Waals surface area contributed by atoms with E-state index in [4.69, 9.17) is 0 Å². The molecule has 0 saturated carbocycles. The van der Waals surface area contributed by atoms with Gasteiger partial charge in [-0.2, -0.15) is 0 Å². The maximum Gasteiger partial charge on any atom is 0.103 e. The van der Waals surface area contributed by atoms with Gasteiger partial charge in [-0.25, -0.2) is 0 Å². The number of hydrogen-bond donors (Lipinski definition) is 1. The normalized spacial score (nSPS) is 13.2. The van der Waals surface area contributed by atoms with Crippen LogP contribution in [0, 0.1) is 0 Å². The van der Waals surface area contributed by atoms with E-state index in [0.717, 1.165) is 17.1 Å². The largest absolute Gasteiger partial charge is 0.368 e. The van der Waals surface area contributed by atoms with Crippen LogP contribution in [0.5, 0.6) is 0 Å². The van der Waals surface area contributed by atoms with E-state index in [0.29, 0.717) is 0 Å². The number of thioether (sulfide) groups is 1. The molecule has 1 atom stereocenters. The summed E-state index contributed by atoms with van der Waals surface area (Å²) in [4.78, 5) is 3.64. The second-order valence-corrected chi connectivity index (χ2v) is 16.5. The van der Waals surface area contributed by atoms with Crippen molar-refractivity contribution in [1.29, 1.82) is 0 Å². The van der Waals surface area contributed by atoms with Crippen molar-refractivity contribution in [3.05, 3.63) is 236 Å². The quantitative estimate of drug-likeness (QED) is 0.155. The molecule has 1 aliphatic heterocycles. The van der Waals surface area contributed by atoms with Crippen molar-refractivity contribution in [1.82, 2.24) is 0 Å². The summed E-state index contributed by atoms with van der Waals surface area (Å²) in [7, 11) is 0. The molecule has 0 aromatic heterocycles. The molecule has 1 unspecified atom stereocenters. The molecule has 0 spiro atoms. The molecule has 0 amide bonds. The molecule has 10 aromatic rings. The third kappa shape index (κ3) is 6.79. The standard InChI is InChI=1S/C57H40N2S/c1-4-10-39(11-5-1)42-16-19-47(20-17-42)57-58-56-54(60-57)37-29-46-18-21-49-38-48(28-36-53(49)55(46)56)45-26-34-52(35-27-45)59(50-30-22-43(23-31-50)40-12-6-2-7-13-40)51-32-24-44(25-33-51)41-14-8-3-9-15-41/h1-38,57-58H. The Morgan fingerprint density at radius 2 is 0.750 bits per heavy atom. The molecule has 0 aliphatic carbocycles. The number of nitrogens with zero attached hydrogens (tertiary/aromatic N) is 1. The van der Waals surface area contributed by atoms with Crippen LogP contribution in [0.1, 0.15) is 10.9 Å². The number of anilines is 4. The first-order valence-corrected chi connectivity index (χ1v) is 21.4. The molecule has 60 heavy (non-hydrogen) atoms. The lowest BCUT2D eigenvalue weighted by molar-refractivity contribution is 1.14. The maximum atomic E-state index is 3.92. The Morgan fingerprint density at radius 3 is 1.25 bits per heavy atom. The molecule has 11 rings (SSSR count). The lowest BCUT2D eigenvalue weighted by Gasteiger charge is -2.26. The zero-order chi connectivity index (χ0) is 39.8. The first-order valence-electron chi connectivity index (χ1n) is 20.5. The van der Waals surface area contributed by atoms with Gasteiger partial charge in [-0.3, -0.25) is 0 Å². The zero-order valence-corrected chi connectivity index (χ0v) is 33.7. The summed E-state index contributed by atoms with van der Waals surface area (Å²) >= 11 is 1.90. The highest BCUT2D eigenvalue weighted by atomic mass is 32.2. The molecule has 0 fully saturated rings. The van der Waals surface area contributed by atoms with Crippen molar-refractivity contribution in [3.8, 4) is 44.5 Å². The Balaban J connectivity index is 0.899. The first kappa shape index (κ1) is 35.8. The van der Waals surface area contributed by atoms with E-state index in [1.54, 1.807) is 0 Å². The number of fused-ring (bicyclic) bond motifs is 5. The Bertz CT molecular complexity index is 3010. The molecule has 3 heteroatoms. The van der Waals surface area contributed by atoms with E-state index in [2.05, 4.69) is 241 Å². The lowest BCUT2D eigenvalue weighted by atomic mass is 9.96. The molecule has 284 valence electrons. The number of nitrogens with one attached hydrogen (secondary N) is 1. The minimum absolute atomic E-state index is 0.159. The molecular formula is C57H40N2S. The topological polar surface area (TPSA) is 15.3 Å². The third-order valence-corrected chi connectivity index (χ3v) is 12.9. The van der Waals surface area contributed by atoms with Gasteiger partial charge in [-0.05, 0) is 115 Å². The molecule has 1 N–H and O–H groups in total. The van der Waals surface area contributed by atoms with E-state index in [1.165, 1.54) is 82.2 Å². The Hall–Kier alpha value is -7.33. The van der Waals surface area contributed by atoms with Crippen LogP contribution >= 0.6 is 11.8 Å². The monoisotopic (exact) mass is 784 g/mol. The van der Waals surface area contributed by atoms with E-state index in [9.17, 15) is 0 Å². The number of benzene rings is 10. The van der Waals surface area contributed by atoms with Gasteiger partial charge in [0.15, 0.2) is 0 Å². The fourth-order valence-electron chi connectivity index (χ4n) is 8.59. The van der Waals surface area contributed by atoms with Crippen LogP contribution in [0.3, 0.4) is 0 Å². The number of hydrogen-bond acceptors (Lipinski definition) is 3.